The smallest absolute Gasteiger partial charge is 0.475 e. The molecule has 2 aromatic rings. The van der Waals surface area contributed by atoms with Crippen LogP contribution in [0.15, 0.2) is 18.2 Å². The van der Waals surface area contributed by atoms with Gasteiger partial charge in [0.15, 0.2) is 17.4 Å². The van der Waals surface area contributed by atoms with Crippen molar-refractivity contribution in [2.45, 2.75) is 51.9 Å². The highest BCUT2D eigenvalue weighted by molar-refractivity contribution is 6.31. The van der Waals surface area contributed by atoms with Gasteiger partial charge in [0.05, 0.1) is 17.0 Å². The monoisotopic (exact) mass is 545 g/mol. The van der Waals surface area contributed by atoms with E-state index in [0.29, 0.717) is 31.0 Å². The molecule has 1 fully saturated rings. The van der Waals surface area contributed by atoms with Crippen LogP contribution in [0.3, 0.4) is 0 Å². The average molecular weight is 546 g/mol. The molecule has 2 aliphatic heterocycles. The number of aromatic nitrogens is 2. The number of alkyl halides is 3. The third-order valence-electron chi connectivity index (χ3n) is 5.89. The van der Waals surface area contributed by atoms with Gasteiger partial charge in [0.2, 0.25) is 0 Å². The van der Waals surface area contributed by atoms with E-state index in [1.165, 1.54) is 18.2 Å². The molecule has 0 atom stereocenters. The maximum atomic E-state index is 14.1. The van der Waals surface area contributed by atoms with E-state index in [-0.39, 0.29) is 23.3 Å². The molecule has 37 heavy (non-hydrogen) atoms. The Morgan fingerprint density at radius 3 is 2.43 bits per heavy atom. The predicted molar refractivity (Wildman–Crippen MR) is 131 cm³/mol. The molecular formula is C24H28ClF4N5O3. The summed E-state index contributed by atoms with van der Waals surface area (Å²) in [6.07, 6.45) is -2.93. The number of Topliss-reactive ketones (excluding diaryl/α,β-unsaturated/α-hetero) is 1. The van der Waals surface area contributed by atoms with Gasteiger partial charge in [-0.05, 0) is 44.9 Å². The summed E-state index contributed by atoms with van der Waals surface area (Å²) in [5.41, 5.74) is 2.12. The molecule has 0 bridgehead atoms. The van der Waals surface area contributed by atoms with Crippen LogP contribution in [-0.4, -0.2) is 58.7 Å². The van der Waals surface area contributed by atoms with Crippen molar-refractivity contribution in [3.8, 4) is 0 Å². The van der Waals surface area contributed by atoms with Gasteiger partial charge >= 0.3 is 12.1 Å². The van der Waals surface area contributed by atoms with Crippen LogP contribution in [-0.2, 0) is 17.8 Å². The van der Waals surface area contributed by atoms with Gasteiger partial charge in [0.25, 0.3) is 0 Å². The Morgan fingerprint density at radius 2 is 1.84 bits per heavy atom. The van der Waals surface area contributed by atoms with E-state index in [9.17, 15) is 22.4 Å². The van der Waals surface area contributed by atoms with Gasteiger partial charge in [-0.25, -0.2) is 19.2 Å². The van der Waals surface area contributed by atoms with Gasteiger partial charge in [0.1, 0.15) is 5.82 Å². The molecule has 1 saturated heterocycles. The van der Waals surface area contributed by atoms with Crippen molar-refractivity contribution < 1.29 is 32.3 Å². The number of benzene rings is 1. The lowest BCUT2D eigenvalue weighted by Crippen LogP contribution is -2.38. The number of carbonyl (C=O) groups excluding carboxylic acids is 1. The van der Waals surface area contributed by atoms with Crippen LogP contribution >= 0.6 is 11.6 Å². The number of hydrogen-bond donors (Lipinski definition) is 3. The van der Waals surface area contributed by atoms with Gasteiger partial charge in [-0.3, -0.25) is 4.79 Å². The predicted octanol–water partition coefficient (Wildman–Crippen LogP) is 4.47. The van der Waals surface area contributed by atoms with Gasteiger partial charge < -0.3 is 20.6 Å². The van der Waals surface area contributed by atoms with Crippen LogP contribution in [0.2, 0.25) is 5.02 Å². The molecule has 8 nitrogen and oxygen atoms in total. The largest absolute Gasteiger partial charge is 0.490 e. The van der Waals surface area contributed by atoms with Gasteiger partial charge in [-0.1, -0.05) is 11.6 Å². The Hall–Kier alpha value is -2.99. The maximum absolute atomic E-state index is 14.1. The second-order valence-corrected chi connectivity index (χ2v) is 9.50. The number of rotatable bonds is 5. The van der Waals surface area contributed by atoms with Crippen LogP contribution in [0, 0.1) is 11.7 Å². The van der Waals surface area contributed by atoms with Crippen LogP contribution in [0.25, 0.3) is 0 Å². The molecule has 0 spiro atoms. The quantitative estimate of drug-likeness (QED) is 0.373. The van der Waals surface area contributed by atoms with Crippen LogP contribution in [0.1, 0.15) is 48.4 Å². The lowest BCUT2D eigenvalue weighted by Gasteiger charge is -2.34. The van der Waals surface area contributed by atoms with Gasteiger partial charge in [-0.2, -0.15) is 13.2 Å². The number of fused-ring (bicyclic) bond motifs is 1. The number of ketones is 1. The number of halogens is 5. The van der Waals surface area contributed by atoms with Crippen LogP contribution in [0.4, 0.5) is 29.2 Å². The van der Waals surface area contributed by atoms with E-state index in [0.717, 1.165) is 42.5 Å². The number of carboxylic acids is 1. The molecule has 2 aliphatic rings. The first-order valence-corrected chi connectivity index (χ1v) is 12.2. The second-order valence-electron chi connectivity index (χ2n) is 9.07. The Balaban J connectivity index is 0.000000479. The number of carbonyl (C=O) groups is 2. The minimum absolute atomic E-state index is 0.0872. The number of piperidine rings is 1. The SMILES string of the molecule is CC(C)Nc1nc2c(nc1N1CCC(C(=O)c3cc(Cl)ccc3F)CC1)CCNC2.O=C(O)C(F)(F)F. The summed E-state index contributed by atoms with van der Waals surface area (Å²) in [5.74, 6) is -2.01. The van der Waals surface area contributed by atoms with E-state index >= 15 is 0 Å². The lowest BCUT2D eigenvalue weighted by molar-refractivity contribution is -0.192. The van der Waals surface area contributed by atoms with Gasteiger partial charge in [-0.15, -0.1) is 0 Å². The normalized spacial score (nSPS) is 16.1. The van der Waals surface area contributed by atoms with E-state index in [4.69, 9.17) is 31.5 Å². The third kappa shape index (κ3) is 7.51. The number of anilines is 2. The minimum Gasteiger partial charge on any atom is -0.475 e. The Kier molecular flexibility index (Phi) is 9.30. The standard InChI is InChI=1S/C22H27ClFN5O.C2HF3O2/c1-13(2)26-21-22(28-18-5-8-25-12-19(18)27-21)29-9-6-14(7-10-29)20(30)16-11-15(23)3-4-17(16)24;3-2(4,5)1(6)7/h3-4,11,13-14,25H,5-10,12H2,1-2H3,(H,26,27);(H,6,7). The highest BCUT2D eigenvalue weighted by atomic mass is 35.5. The summed E-state index contributed by atoms with van der Waals surface area (Å²) < 4.78 is 45.9. The molecule has 202 valence electrons. The molecule has 0 radical (unpaired) electrons. The highest BCUT2D eigenvalue weighted by Crippen LogP contribution is 2.31. The fourth-order valence-electron chi connectivity index (χ4n) is 4.10. The molecule has 4 rings (SSSR count). The molecule has 1 aromatic heterocycles. The first-order valence-electron chi connectivity index (χ1n) is 11.8. The molecule has 0 unspecified atom stereocenters. The van der Waals surface area contributed by atoms with Crippen molar-refractivity contribution in [2.75, 3.05) is 29.9 Å². The van der Waals surface area contributed by atoms with Crippen molar-refractivity contribution in [2.24, 2.45) is 5.92 Å². The van der Waals surface area contributed by atoms with E-state index in [1.54, 1.807) is 0 Å². The van der Waals surface area contributed by atoms with Crippen molar-refractivity contribution in [1.29, 1.82) is 0 Å². The van der Waals surface area contributed by atoms with E-state index in [1.807, 2.05) is 0 Å². The number of nitrogens with zero attached hydrogens (tertiary/aromatic N) is 3. The molecule has 0 saturated carbocycles. The van der Waals surface area contributed by atoms with Crippen molar-refractivity contribution in [3.63, 3.8) is 0 Å². The molecule has 3 N–H and O–H groups in total. The zero-order chi connectivity index (χ0) is 27.3. The molecular weight excluding hydrogens is 518 g/mol. The maximum Gasteiger partial charge on any atom is 0.490 e. The van der Waals surface area contributed by atoms with E-state index in [2.05, 4.69) is 29.4 Å². The summed E-state index contributed by atoms with van der Waals surface area (Å²) in [7, 11) is 0. The summed E-state index contributed by atoms with van der Waals surface area (Å²) in [6, 6.07) is 4.38. The van der Waals surface area contributed by atoms with Crippen LogP contribution < -0.4 is 15.5 Å². The van der Waals surface area contributed by atoms with Crippen molar-refractivity contribution in [1.82, 2.24) is 15.3 Å². The summed E-state index contributed by atoms with van der Waals surface area (Å²) in [4.78, 5) is 33.7. The average Bonchev–Trinajstić information content (AvgIpc) is 2.84. The number of carboxylic acid groups (broad SMARTS) is 1. The number of aliphatic carboxylic acids is 1. The van der Waals surface area contributed by atoms with E-state index < -0.39 is 18.0 Å². The summed E-state index contributed by atoms with van der Waals surface area (Å²) in [5, 5.41) is 14.3. The molecule has 3 heterocycles. The van der Waals surface area contributed by atoms with Gasteiger partial charge in [0, 0.05) is 49.6 Å². The molecule has 0 amide bonds. The summed E-state index contributed by atoms with van der Waals surface area (Å²) >= 11 is 5.97. The molecule has 1 aromatic carbocycles. The Morgan fingerprint density at radius 1 is 1.19 bits per heavy atom. The Labute approximate surface area is 216 Å². The number of hydrogen-bond acceptors (Lipinski definition) is 7. The summed E-state index contributed by atoms with van der Waals surface area (Å²) in [6.45, 7) is 7.15. The highest BCUT2D eigenvalue weighted by Gasteiger charge is 2.38. The molecule has 13 heteroatoms. The van der Waals surface area contributed by atoms with Crippen LogP contribution in [0.5, 0.6) is 0 Å². The first kappa shape index (κ1) is 28.6. The lowest BCUT2D eigenvalue weighted by atomic mass is 9.88. The zero-order valence-electron chi connectivity index (χ0n) is 20.3. The zero-order valence-corrected chi connectivity index (χ0v) is 21.1. The third-order valence-corrected chi connectivity index (χ3v) is 6.13. The fraction of sp³-hybridized carbons (Fsp3) is 0.500. The Bertz CT molecular complexity index is 1140. The minimum atomic E-state index is -5.08. The topological polar surface area (TPSA) is 107 Å². The fourth-order valence-corrected chi connectivity index (χ4v) is 4.27. The van der Waals surface area contributed by atoms with Crippen molar-refractivity contribution >= 4 is 35.0 Å². The molecule has 0 aliphatic carbocycles. The van der Waals surface area contributed by atoms with Crippen molar-refractivity contribution in [3.05, 3.63) is 46.0 Å². The number of nitrogens with one attached hydrogen (secondary N) is 2. The first-order chi connectivity index (χ1) is 17.4. The second kappa shape index (κ2) is 12.0.